The highest BCUT2D eigenvalue weighted by Gasteiger charge is 2.14. The molecule has 0 radical (unpaired) electrons. The van der Waals surface area contributed by atoms with Gasteiger partial charge < -0.3 is 15.7 Å². The molecule has 1 aliphatic rings. The smallest absolute Gasteiger partial charge is 0.187 e. The number of aldehydes is 1. The van der Waals surface area contributed by atoms with Gasteiger partial charge >= 0.3 is 0 Å². The van der Waals surface area contributed by atoms with Gasteiger partial charge in [0.25, 0.3) is 0 Å². The number of carbonyl (C=O) groups excluding carboxylic acids is 1. The molecule has 0 unspecified atom stereocenters. The second-order valence-corrected chi connectivity index (χ2v) is 7.25. The molecule has 0 saturated carbocycles. The minimum atomic E-state index is -1.03. The van der Waals surface area contributed by atoms with E-state index in [-0.39, 0.29) is 5.56 Å². The fourth-order valence-electron chi connectivity index (χ4n) is 3.68. The van der Waals surface area contributed by atoms with E-state index < -0.39 is 17.4 Å². The van der Waals surface area contributed by atoms with Crippen molar-refractivity contribution in [1.82, 2.24) is 15.2 Å². The molecule has 30 heavy (non-hydrogen) atoms. The minimum absolute atomic E-state index is 0.285. The predicted molar refractivity (Wildman–Crippen MR) is 112 cm³/mol. The van der Waals surface area contributed by atoms with E-state index in [4.69, 9.17) is 0 Å². The quantitative estimate of drug-likeness (QED) is 0.541. The number of halogens is 2. The normalized spacial score (nSPS) is 14.7. The maximum absolute atomic E-state index is 13.8. The first-order valence-electron chi connectivity index (χ1n) is 9.80. The zero-order valence-electron chi connectivity index (χ0n) is 16.3. The number of piperazine rings is 1. The van der Waals surface area contributed by atoms with Crippen molar-refractivity contribution >= 4 is 22.9 Å². The fraction of sp³-hybridized carbons (Fsp3) is 0.273. The summed E-state index contributed by atoms with van der Waals surface area (Å²) >= 11 is 0. The van der Waals surface area contributed by atoms with Gasteiger partial charge in [0.2, 0.25) is 0 Å². The molecule has 1 aromatic heterocycles. The number of aromatic hydroxyl groups is 1. The standard InChI is InChI=1S/C22H22F2N4O2/c23-18-10-15(11-19(24)22(18)30)14-1-2-20-17(9-14)21(16(13-29)12-27-20)26-5-8-28-6-3-25-4-7-28/h1-2,9-13,25,30H,3-8H2,(H,26,27). The molecule has 4 rings (SSSR count). The molecule has 0 amide bonds. The van der Waals surface area contributed by atoms with E-state index in [0.717, 1.165) is 51.1 Å². The van der Waals surface area contributed by atoms with Crippen molar-refractivity contribution < 1.29 is 18.7 Å². The van der Waals surface area contributed by atoms with E-state index >= 15 is 0 Å². The number of phenolic OH excluding ortho intramolecular Hbond substituents is 1. The number of phenols is 1. The Bertz CT molecular complexity index is 1060. The van der Waals surface area contributed by atoms with E-state index in [9.17, 15) is 18.7 Å². The van der Waals surface area contributed by atoms with E-state index in [1.54, 1.807) is 18.2 Å². The topological polar surface area (TPSA) is 77.5 Å². The van der Waals surface area contributed by atoms with E-state index in [2.05, 4.69) is 20.5 Å². The van der Waals surface area contributed by atoms with Gasteiger partial charge in [0.1, 0.15) is 0 Å². The van der Waals surface area contributed by atoms with Gasteiger partial charge in [-0.15, -0.1) is 0 Å². The summed E-state index contributed by atoms with van der Waals surface area (Å²) in [5, 5.41) is 16.7. The molecular formula is C22H22F2N4O2. The lowest BCUT2D eigenvalue weighted by Crippen LogP contribution is -2.45. The Hall–Kier alpha value is -3.10. The van der Waals surface area contributed by atoms with Crippen LogP contribution in [0.3, 0.4) is 0 Å². The molecule has 0 atom stereocenters. The second kappa shape index (κ2) is 8.73. The number of nitrogens with one attached hydrogen (secondary N) is 2. The van der Waals surface area contributed by atoms with Crippen molar-refractivity contribution in [2.75, 3.05) is 44.6 Å². The van der Waals surface area contributed by atoms with Crippen molar-refractivity contribution in [1.29, 1.82) is 0 Å². The third kappa shape index (κ3) is 4.10. The predicted octanol–water partition coefficient (Wildman–Crippen LogP) is 3.02. The van der Waals surface area contributed by atoms with Crippen LogP contribution in [0.4, 0.5) is 14.5 Å². The van der Waals surface area contributed by atoms with Gasteiger partial charge in [0.15, 0.2) is 23.7 Å². The van der Waals surface area contributed by atoms with Gasteiger partial charge in [-0.05, 0) is 35.4 Å². The lowest BCUT2D eigenvalue weighted by Gasteiger charge is -2.27. The number of aromatic nitrogens is 1. The summed E-state index contributed by atoms with van der Waals surface area (Å²) in [4.78, 5) is 18.2. The third-order valence-electron chi connectivity index (χ3n) is 5.31. The summed E-state index contributed by atoms with van der Waals surface area (Å²) in [6, 6.07) is 7.34. The fourth-order valence-corrected chi connectivity index (χ4v) is 3.68. The molecule has 1 aliphatic heterocycles. The van der Waals surface area contributed by atoms with Crippen molar-refractivity contribution in [2.45, 2.75) is 0 Å². The zero-order valence-corrected chi connectivity index (χ0v) is 16.3. The molecule has 2 aromatic carbocycles. The van der Waals surface area contributed by atoms with Crippen LogP contribution in [-0.4, -0.2) is 60.5 Å². The molecule has 0 spiro atoms. The van der Waals surface area contributed by atoms with E-state index in [1.165, 1.54) is 6.20 Å². The van der Waals surface area contributed by atoms with Gasteiger partial charge in [0.05, 0.1) is 16.8 Å². The molecule has 6 nitrogen and oxygen atoms in total. The molecule has 3 N–H and O–H groups in total. The summed E-state index contributed by atoms with van der Waals surface area (Å²) in [7, 11) is 0. The maximum atomic E-state index is 13.8. The zero-order chi connectivity index (χ0) is 21.1. The molecule has 2 heterocycles. The van der Waals surface area contributed by atoms with Crippen molar-refractivity contribution in [3.63, 3.8) is 0 Å². The van der Waals surface area contributed by atoms with Crippen LogP contribution in [0.25, 0.3) is 22.0 Å². The van der Waals surface area contributed by atoms with Crippen LogP contribution in [0.5, 0.6) is 5.75 Å². The molecule has 1 fully saturated rings. The molecule has 156 valence electrons. The molecule has 0 aliphatic carbocycles. The highest BCUT2D eigenvalue weighted by Crippen LogP contribution is 2.32. The lowest BCUT2D eigenvalue weighted by atomic mass is 10.0. The van der Waals surface area contributed by atoms with Crippen LogP contribution in [0.1, 0.15) is 10.4 Å². The number of fused-ring (bicyclic) bond motifs is 1. The van der Waals surface area contributed by atoms with Crippen molar-refractivity contribution in [2.24, 2.45) is 0 Å². The Balaban J connectivity index is 1.67. The number of pyridine rings is 1. The Labute approximate surface area is 172 Å². The molecule has 0 bridgehead atoms. The van der Waals surface area contributed by atoms with Gasteiger partial charge in [-0.25, -0.2) is 8.78 Å². The third-order valence-corrected chi connectivity index (χ3v) is 5.31. The summed E-state index contributed by atoms with van der Waals surface area (Å²) in [6.45, 7) is 5.34. The molecule has 3 aromatic rings. The number of nitrogens with zero attached hydrogens (tertiary/aromatic N) is 2. The SMILES string of the molecule is O=Cc1cnc2ccc(-c3cc(F)c(O)c(F)c3)cc2c1NCCN1CCNCC1. The van der Waals surface area contributed by atoms with Gasteiger partial charge in [0, 0.05) is 50.9 Å². The second-order valence-electron chi connectivity index (χ2n) is 7.25. The number of hydrogen-bond donors (Lipinski definition) is 3. The highest BCUT2D eigenvalue weighted by molar-refractivity contribution is 6.01. The first kappa shape index (κ1) is 20.2. The maximum Gasteiger partial charge on any atom is 0.187 e. The number of carbonyl (C=O) groups is 1. The average Bonchev–Trinajstić information content (AvgIpc) is 2.77. The van der Waals surface area contributed by atoms with Crippen molar-refractivity contribution in [3.05, 3.63) is 53.7 Å². The largest absolute Gasteiger partial charge is 0.503 e. The van der Waals surface area contributed by atoms with Crippen LogP contribution in [-0.2, 0) is 0 Å². The first-order valence-corrected chi connectivity index (χ1v) is 9.80. The van der Waals surface area contributed by atoms with Crippen LogP contribution in [0.2, 0.25) is 0 Å². The Kier molecular flexibility index (Phi) is 5.87. The monoisotopic (exact) mass is 412 g/mol. The Morgan fingerprint density at radius 3 is 2.57 bits per heavy atom. The van der Waals surface area contributed by atoms with E-state index in [1.807, 2.05) is 0 Å². The van der Waals surface area contributed by atoms with Gasteiger partial charge in [-0.3, -0.25) is 14.7 Å². The minimum Gasteiger partial charge on any atom is -0.503 e. The molecule has 1 saturated heterocycles. The van der Waals surface area contributed by atoms with Crippen LogP contribution < -0.4 is 10.6 Å². The number of anilines is 1. The Morgan fingerprint density at radius 1 is 1.13 bits per heavy atom. The summed E-state index contributed by atoms with van der Waals surface area (Å²) in [6.07, 6.45) is 2.26. The van der Waals surface area contributed by atoms with Gasteiger partial charge in [-0.2, -0.15) is 0 Å². The van der Waals surface area contributed by atoms with Crippen LogP contribution in [0, 0.1) is 11.6 Å². The average molecular weight is 412 g/mol. The number of benzene rings is 2. The van der Waals surface area contributed by atoms with E-state index in [0.29, 0.717) is 34.3 Å². The van der Waals surface area contributed by atoms with Crippen molar-refractivity contribution in [3.8, 4) is 16.9 Å². The first-order chi connectivity index (χ1) is 14.6. The molecular weight excluding hydrogens is 390 g/mol. The highest BCUT2D eigenvalue weighted by atomic mass is 19.1. The summed E-state index contributed by atoms with van der Waals surface area (Å²) in [5.41, 5.74) is 2.56. The summed E-state index contributed by atoms with van der Waals surface area (Å²) in [5.74, 6) is -3.06. The molecule has 8 heteroatoms. The van der Waals surface area contributed by atoms with Crippen LogP contribution in [0.15, 0.2) is 36.5 Å². The number of rotatable bonds is 6. The van der Waals surface area contributed by atoms with Gasteiger partial charge in [-0.1, -0.05) is 6.07 Å². The van der Waals surface area contributed by atoms with Crippen LogP contribution >= 0.6 is 0 Å². The Morgan fingerprint density at radius 2 is 1.87 bits per heavy atom. The number of hydrogen-bond acceptors (Lipinski definition) is 6. The summed E-state index contributed by atoms with van der Waals surface area (Å²) < 4.78 is 27.6. The lowest BCUT2D eigenvalue weighted by molar-refractivity contribution is 0.112.